The highest BCUT2D eigenvalue weighted by molar-refractivity contribution is 5.90. The minimum Gasteiger partial charge on any atom is -0.497 e. The van der Waals surface area contributed by atoms with Crippen molar-refractivity contribution in [2.45, 2.75) is 27.3 Å². The minimum absolute atomic E-state index is 0.00884. The van der Waals surface area contributed by atoms with E-state index in [4.69, 9.17) is 4.74 Å². The van der Waals surface area contributed by atoms with Crippen LogP contribution in [0.5, 0.6) is 5.75 Å². The zero-order valence-electron chi connectivity index (χ0n) is 16.7. The summed E-state index contributed by atoms with van der Waals surface area (Å²) in [6.07, 6.45) is 0. The Labute approximate surface area is 161 Å². The second-order valence-corrected chi connectivity index (χ2v) is 7.29. The van der Waals surface area contributed by atoms with E-state index in [1.807, 2.05) is 24.0 Å². The lowest BCUT2D eigenvalue weighted by Gasteiger charge is -2.34. The van der Waals surface area contributed by atoms with E-state index >= 15 is 0 Å². The summed E-state index contributed by atoms with van der Waals surface area (Å²) < 4.78 is 5.21. The molecule has 2 aromatic carbocycles. The third-order valence-corrected chi connectivity index (χ3v) is 5.31. The van der Waals surface area contributed by atoms with Gasteiger partial charge in [0.1, 0.15) is 5.75 Å². The fraction of sp³-hybridized carbons (Fsp3) is 0.409. The molecule has 3 rings (SSSR count). The molecule has 0 spiro atoms. The monoisotopic (exact) mass is 367 g/mol. The number of hydrogen-bond donors (Lipinski definition) is 1. The molecule has 0 atom stereocenters. The zero-order valence-corrected chi connectivity index (χ0v) is 16.7. The molecule has 27 heavy (non-hydrogen) atoms. The van der Waals surface area contributed by atoms with Crippen LogP contribution in [-0.4, -0.2) is 49.1 Å². The maximum Gasteiger partial charge on any atom is 0.321 e. The molecule has 0 saturated carbocycles. The Morgan fingerprint density at radius 2 is 1.59 bits per heavy atom. The van der Waals surface area contributed by atoms with Gasteiger partial charge in [-0.25, -0.2) is 4.79 Å². The molecule has 0 aliphatic carbocycles. The smallest absolute Gasteiger partial charge is 0.321 e. The molecule has 1 aliphatic heterocycles. The van der Waals surface area contributed by atoms with Gasteiger partial charge in [0, 0.05) is 38.4 Å². The third-order valence-electron chi connectivity index (χ3n) is 5.31. The largest absolute Gasteiger partial charge is 0.497 e. The molecule has 0 bridgehead atoms. The van der Waals surface area contributed by atoms with Crippen LogP contribution in [0, 0.1) is 20.8 Å². The van der Waals surface area contributed by atoms with Gasteiger partial charge in [0.15, 0.2) is 0 Å². The van der Waals surface area contributed by atoms with Crippen LogP contribution in [0.15, 0.2) is 36.4 Å². The number of amides is 2. The molecule has 1 N–H and O–H groups in total. The number of piperazine rings is 1. The highest BCUT2D eigenvalue weighted by Crippen LogP contribution is 2.21. The first-order chi connectivity index (χ1) is 13.0. The van der Waals surface area contributed by atoms with E-state index in [0.29, 0.717) is 0 Å². The van der Waals surface area contributed by atoms with Gasteiger partial charge in [-0.3, -0.25) is 4.90 Å². The van der Waals surface area contributed by atoms with Gasteiger partial charge >= 0.3 is 6.03 Å². The van der Waals surface area contributed by atoms with Gasteiger partial charge in [0.2, 0.25) is 0 Å². The number of benzene rings is 2. The lowest BCUT2D eigenvalue weighted by molar-refractivity contribution is 0.143. The summed E-state index contributed by atoms with van der Waals surface area (Å²) in [5.74, 6) is 0.877. The van der Waals surface area contributed by atoms with E-state index in [1.54, 1.807) is 7.11 Å². The first-order valence-electron chi connectivity index (χ1n) is 9.45. The predicted octanol–water partition coefficient (Wildman–Crippen LogP) is 3.97. The standard InChI is InChI=1S/C22H29N3O2/c1-16-13-18(3)21(14-17(16)2)23-22(26)25-11-9-24(10-12-25)15-19-5-7-20(27-4)8-6-19/h5-8,13-14H,9-12,15H2,1-4H3,(H,23,26). The molecule has 2 amide bonds. The molecule has 1 heterocycles. The number of carbonyl (C=O) groups excluding carboxylic acids is 1. The van der Waals surface area contributed by atoms with Crippen molar-refractivity contribution in [1.82, 2.24) is 9.80 Å². The maximum atomic E-state index is 12.6. The van der Waals surface area contributed by atoms with Crippen LogP contribution in [0.3, 0.4) is 0 Å². The van der Waals surface area contributed by atoms with Crippen molar-refractivity contribution in [2.24, 2.45) is 0 Å². The SMILES string of the molecule is COc1ccc(CN2CCN(C(=O)Nc3cc(C)c(C)cc3C)CC2)cc1. The molecule has 0 radical (unpaired) electrons. The third kappa shape index (κ3) is 4.80. The summed E-state index contributed by atoms with van der Waals surface area (Å²) in [4.78, 5) is 16.9. The number of rotatable bonds is 4. The number of carbonyl (C=O) groups is 1. The first kappa shape index (κ1) is 19.2. The van der Waals surface area contributed by atoms with Crippen molar-refractivity contribution in [3.05, 3.63) is 58.7 Å². The van der Waals surface area contributed by atoms with Gasteiger partial charge in [0.25, 0.3) is 0 Å². The number of nitrogens with one attached hydrogen (secondary N) is 1. The van der Waals surface area contributed by atoms with E-state index < -0.39 is 0 Å². The fourth-order valence-electron chi connectivity index (χ4n) is 3.39. The quantitative estimate of drug-likeness (QED) is 0.889. The second kappa shape index (κ2) is 8.44. The van der Waals surface area contributed by atoms with E-state index in [1.165, 1.54) is 16.7 Å². The molecule has 5 nitrogen and oxygen atoms in total. The highest BCUT2D eigenvalue weighted by Gasteiger charge is 2.21. The van der Waals surface area contributed by atoms with Crippen molar-refractivity contribution in [1.29, 1.82) is 0 Å². The number of methoxy groups -OCH3 is 1. The lowest BCUT2D eigenvalue weighted by Crippen LogP contribution is -2.49. The highest BCUT2D eigenvalue weighted by atomic mass is 16.5. The van der Waals surface area contributed by atoms with Gasteiger partial charge in [-0.05, 0) is 61.2 Å². The number of urea groups is 1. The average molecular weight is 367 g/mol. The summed E-state index contributed by atoms with van der Waals surface area (Å²) in [7, 11) is 1.68. The van der Waals surface area contributed by atoms with E-state index in [-0.39, 0.29) is 6.03 Å². The van der Waals surface area contributed by atoms with Gasteiger partial charge in [-0.1, -0.05) is 18.2 Å². The van der Waals surface area contributed by atoms with E-state index in [9.17, 15) is 4.79 Å². The van der Waals surface area contributed by atoms with Crippen LogP contribution in [0.1, 0.15) is 22.3 Å². The van der Waals surface area contributed by atoms with Crippen LogP contribution >= 0.6 is 0 Å². The van der Waals surface area contributed by atoms with Gasteiger partial charge in [0.05, 0.1) is 7.11 Å². The minimum atomic E-state index is -0.00884. The molecule has 1 fully saturated rings. The first-order valence-corrected chi connectivity index (χ1v) is 9.45. The molecule has 144 valence electrons. The van der Waals surface area contributed by atoms with Crippen molar-refractivity contribution in [2.75, 3.05) is 38.6 Å². The average Bonchev–Trinajstić information content (AvgIpc) is 2.67. The predicted molar refractivity (Wildman–Crippen MR) is 110 cm³/mol. The van der Waals surface area contributed by atoms with Crippen molar-refractivity contribution in [3.63, 3.8) is 0 Å². The van der Waals surface area contributed by atoms with Crippen LogP contribution in [-0.2, 0) is 6.54 Å². The molecule has 0 unspecified atom stereocenters. The Kier molecular flexibility index (Phi) is 6.01. The molecule has 1 saturated heterocycles. The summed E-state index contributed by atoms with van der Waals surface area (Å²) in [6.45, 7) is 10.3. The Morgan fingerprint density at radius 1 is 0.963 bits per heavy atom. The van der Waals surface area contributed by atoms with Crippen LogP contribution in [0.25, 0.3) is 0 Å². The van der Waals surface area contributed by atoms with E-state index in [0.717, 1.165) is 49.7 Å². The number of ether oxygens (including phenoxy) is 1. The second-order valence-electron chi connectivity index (χ2n) is 7.29. The van der Waals surface area contributed by atoms with E-state index in [2.05, 4.69) is 48.3 Å². The number of hydrogen-bond acceptors (Lipinski definition) is 3. The van der Waals surface area contributed by atoms with Crippen molar-refractivity contribution < 1.29 is 9.53 Å². The molecule has 1 aliphatic rings. The van der Waals surface area contributed by atoms with Crippen molar-refractivity contribution in [3.8, 4) is 5.75 Å². The Bertz CT molecular complexity index is 794. The van der Waals surface area contributed by atoms with Gasteiger partial charge < -0.3 is 15.0 Å². The summed E-state index contributed by atoms with van der Waals surface area (Å²) in [5.41, 5.74) is 5.71. The number of aryl methyl sites for hydroxylation is 3. The summed E-state index contributed by atoms with van der Waals surface area (Å²) in [5, 5.41) is 3.08. The summed E-state index contributed by atoms with van der Waals surface area (Å²) >= 11 is 0. The van der Waals surface area contributed by atoms with Crippen LogP contribution < -0.4 is 10.1 Å². The van der Waals surface area contributed by atoms with Crippen LogP contribution in [0.4, 0.5) is 10.5 Å². The topological polar surface area (TPSA) is 44.8 Å². The molecular weight excluding hydrogens is 338 g/mol. The number of nitrogens with zero attached hydrogens (tertiary/aromatic N) is 2. The zero-order chi connectivity index (χ0) is 19.4. The Balaban J connectivity index is 1.52. The van der Waals surface area contributed by atoms with Crippen LogP contribution in [0.2, 0.25) is 0 Å². The maximum absolute atomic E-state index is 12.6. The molecule has 2 aromatic rings. The summed E-state index contributed by atoms with van der Waals surface area (Å²) in [6, 6.07) is 12.3. The van der Waals surface area contributed by atoms with Crippen molar-refractivity contribution >= 4 is 11.7 Å². The Morgan fingerprint density at radius 3 is 2.22 bits per heavy atom. The normalized spacial score (nSPS) is 14.9. The molecular formula is C22H29N3O2. The number of anilines is 1. The molecule has 5 heteroatoms. The lowest BCUT2D eigenvalue weighted by atomic mass is 10.1. The molecule has 0 aromatic heterocycles. The Hall–Kier alpha value is -2.53. The fourth-order valence-corrected chi connectivity index (χ4v) is 3.39. The van der Waals surface area contributed by atoms with Gasteiger partial charge in [-0.2, -0.15) is 0 Å². The van der Waals surface area contributed by atoms with Gasteiger partial charge in [-0.15, -0.1) is 0 Å².